The summed E-state index contributed by atoms with van der Waals surface area (Å²) >= 11 is 0. The minimum Gasteiger partial charge on any atom is -0.379 e. The summed E-state index contributed by atoms with van der Waals surface area (Å²) < 4.78 is 34.0. The average Bonchev–Trinajstić information content (AvgIpc) is 2.88. The minimum absolute atomic E-state index is 0.0185. The molecule has 0 N–H and O–H groups in total. The topological polar surface area (TPSA) is 109 Å². The molecule has 0 saturated carbocycles. The molecule has 2 aliphatic heterocycles. The Hall–Kier alpha value is -3.02. The van der Waals surface area contributed by atoms with Crippen molar-refractivity contribution in [2.45, 2.75) is 24.2 Å². The SMILES string of the molecule is CN(C)c1ccc(C=Nc2ccc(N3CCCCC3)c(S(=O)(=O)N3CCOCC3)c2)cc1[N+](=O)[O-]. The highest BCUT2D eigenvalue weighted by atomic mass is 32.2. The van der Waals surface area contributed by atoms with Gasteiger partial charge in [0.2, 0.25) is 10.0 Å². The first-order valence-electron chi connectivity index (χ1n) is 11.7. The Labute approximate surface area is 206 Å². The van der Waals surface area contributed by atoms with Crippen molar-refractivity contribution in [3.63, 3.8) is 0 Å². The van der Waals surface area contributed by atoms with Crippen LogP contribution >= 0.6 is 0 Å². The fourth-order valence-corrected chi connectivity index (χ4v) is 6.05. The van der Waals surface area contributed by atoms with Gasteiger partial charge in [-0.3, -0.25) is 15.1 Å². The van der Waals surface area contributed by atoms with Crippen LogP contribution in [0.3, 0.4) is 0 Å². The normalized spacial score (nSPS) is 17.6. The van der Waals surface area contributed by atoms with Crippen molar-refractivity contribution in [3.8, 4) is 0 Å². The number of nitro groups is 1. The molecule has 0 spiro atoms. The Morgan fingerprint density at radius 1 is 1.03 bits per heavy atom. The van der Waals surface area contributed by atoms with Crippen LogP contribution in [-0.4, -0.2) is 77.3 Å². The van der Waals surface area contributed by atoms with E-state index in [-0.39, 0.29) is 10.6 Å². The van der Waals surface area contributed by atoms with E-state index in [0.717, 1.165) is 32.4 Å². The molecule has 4 rings (SSSR count). The predicted octanol–water partition coefficient (Wildman–Crippen LogP) is 3.42. The summed E-state index contributed by atoms with van der Waals surface area (Å²) in [4.78, 5) is 19.6. The number of piperidine rings is 1. The number of anilines is 2. The maximum atomic E-state index is 13.6. The van der Waals surface area contributed by atoms with Crippen molar-refractivity contribution in [1.29, 1.82) is 0 Å². The molecule has 11 heteroatoms. The van der Waals surface area contributed by atoms with Crippen LogP contribution in [0.5, 0.6) is 0 Å². The van der Waals surface area contributed by atoms with E-state index in [1.165, 1.54) is 16.6 Å². The van der Waals surface area contributed by atoms with Crippen LogP contribution in [0, 0.1) is 10.1 Å². The van der Waals surface area contributed by atoms with Crippen molar-refractivity contribution < 1.29 is 18.1 Å². The number of hydrogen-bond acceptors (Lipinski definition) is 8. The smallest absolute Gasteiger partial charge is 0.293 e. The van der Waals surface area contributed by atoms with Crippen LogP contribution in [0.2, 0.25) is 0 Å². The number of nitro benzene ring substituents is 1. The van der Waals surface area contributed by atoms with Crippen LogP contribution in [0.4, 0.5) is 22.7 Å². The van der Waals surface area contributed by atoms with Gasteiger partial charge in [-0.25, -0.2) is 8.42 Å². The van der Waals surface area contributed by atoms with Gasteiger partial charge in [0.05, 0.1) is 29.5 Å². The van der Waals surface area contributed by atoms with Crippen molar-refractivity contribution >= 4 is 39.0 Å². The molecule has 0 aliphatic carbocycles. The fraction of sp³-hybridized carbons (Fsp3) is 0.458. The molecule has 188 valence electrons. The van der Waals surface area contributed by atoms with Crippen molar-refractivity contribution in [2.75, 3.05) is 63.3 Å². The molecule has 2 heterocycles. The second-order valence-corrected chi connectivity index (χ2v) is 10.8. The van der Waals surface area contributed by atoms with Crippen molar-refractivity contribution in [3.05, 3.63) is 52.1 Å². The molecule has 2 aliphatic rings. The van der Waals surface area contributed by atoms with Gasteiger partial charge in [0.15, 0.2) is 0 Å². The number of ether oxygens (including phenoxy) is 1. The van der Waals surface area contributed by atoms with Gasteiger partial charge >= 0.3 is 0 Å². The first kappa shape index (κ1) is 25.1. The third-order valence-electron chi connectivity index (χ3n) is 6.27. The molecule has 0 atom stereocenters. The van der Waals surface area contributed by atoms with Gasteiger partial charge < -0.3 is 14.5 Å². The summed E-state index contributed by atoms with van der Waals surface area (Å²) in [5, 5.41) is 11.5. The van der Waals surface area contributed by atoms with Crippen LogP contribution in [0.1, 0.15) is 24.8 Å². The van der Waals surface area contributed by atoms with E-state index in [1.807, 2.05) is 6.07 Å². The molecule has 0 bridgehead atoms. The second-order valence-electron chi connectivity index (χ2n) is 8.87. The number of nitrogens with zero attached hydrogens (tertiary/aromatic N) is 5. The van der Waals surface area contributed by atoms with Gasteiger partial charge in [-0.15, -0.1) is 0 Å². The molecule has 0 radical (unpaired) electrons. The zero-order valence-electron chi connectivity index (χ0n) is 20.1. The maximum Gasteiger partial charge on any atom is 0.293 e. The molecule has 0 unspecified atom stereocenters. The first-order chi connectivity index (χ1) is 16.8. The number of aliphatic imine (C=N–C) groups is 1. The monoisotopic (exact) mass is 501 g/mol. The Balaban J connectivity index is 1.70. The summed E-state index contributed by atoms with van der Waals surface area (Å²) in [6, 6.07) is 10.1. The average molecular weight is 502 g/mol. The summed E-state index contributed by atoms with van der Waals surface area (Å²) in [5.41, 5.74) is 2.20. The van der Waals surface area contributed by atoms with Crippen molar-refractivity contribution in [2.24, 2.45) is 4.99 Å². The molecule has 0 aromatic heterocycles. The highest BCUT2D eigenvalue weighted by Crippen LogP contribution is 2.34. The predicted molar refractivity (Wildman–Crippen MR) is 137 cm³/mol. The Kier molecular flexibility index (Phi) is 7.68. The Bertz CT molecular complexity index is 1200. The highest BCUT2D eigenvalue weighted by Gasteiger charge is 2.30. The molecule has 2 saturated heterocycles. The van der Waals surface area contributed by atoms with Crippen LogP contribution in [-0.2, 0) is 14.8 Å². The molecule has 2 aromatic carbocycles. The first-order valence-corrected chi connectivity index (χ1v) is 13.2. The lowest BCUT2D eigenvalue weighted by Gasteiger charge is -2.32. The zero-order chi connectivity index (χ0) is 25.0. The molecule has 35 heavy (non-hydrogen) atoms. The fourth-order valence-electron chi connectivity index (χ4n) is 4.41. The summed E-state index contributed by atoms with van der Waals surface area (Å²) in [5.74, 6) is 0. The van der Waals surface area contributed by atoms with Gasteiger partial charge in [-0.1, -0.05) is 6.07 Å². The van der Waals surface area contributed by atoms with E-state index in [4.69, 9.17) is 4.74 Å². The number of benzene rings is 2. The zero-order valence-corrected chi connectivity index (χ0v) is 20.9. The van der Waals surface area contributed by atoms with E-state index in [0.29, 0.717) is 48.9 Å². The number of hydrogen-bond donors (Lipinski definition) is 0. The molecular weight excluding hydrogens is 470 g/mol. The summed E-state index contributed by atoms with van der Waals surface area (Å²) in [6.45, 7) is 3.01. The van der Waals surface area contributed by atoms with E-state index in [1.54, 1.807) is 43.3 Å². The van der Waals surface area contributed by atoms with Crippen molar-refractivity contribution in [1.82, 2.24) is 4.31 Å². The van der Waals surface area contributed by atoms with Gasteiger partial charge in [-0.05, 0) is 49.1 Å². The van der Waals surface area contributed by atoms with E-state index in [2.05, 4.69) is 9.89 Å². The summed E-state index contributed by atoms with van der Waals surface area (Å²) in [7, 11) is -0.245. The van der Waals surface area contributed by atoms with Gasteiger partial charge in [0.1, 0.15) is 10.6 Å². The molecule has 2 aromatic rings. The van der Waals surface area contributed by atoms with E-state index < -0.39 is 14.9 Å². The van der Waals surface area contributed by atoms with E-state index >= 15 is 0 Å². The van der Waals surface area contributed by atoms with Crippen LogP contribution < -0.4 is 9.80 Å². The van der Waals surface area contributed by atoms with Gasteiger partial charge in [0.25, 0.3) is 5.69 Å². The largest absolute Gasteiger partial charge is 0.379 e. The molecular formula is C24H31N5O5S. The lowest BCUT2D eigenvalue weighted by Crippen LogP contribution is -2.41. The summed E-state index contributed by atoms with van der Waals surface area (Å²) in [6.07, 6.45) is 4.72. The van der Waals surface area contributed by atoms with E-state index in [9.17, 15) is 18.5 Å². The number of rotatable bonds is 7. The Morgan fingerprint density at radius 3 is 2.40 bits per heavy atom. The molecule has 0 amide bonds. The molecule has 2 fully saturated rings. The maximum absolute atomic E-state index is 13.6. The highest BCUT2D eigenvalue weighted by molar-refractivity contribution is 7.89. The van der Waals surface area contributed by atoms with Gasteiger partial charge in [-0.2, -0.15) is 4.31 Å². The number of morpholine rings is 1. The lowest BCUT2D eigenvalue weighted by molar-refractivity contribution is -0.384. The van der Waals surface area contributed by atoms with Crippen LogP contribution in [0.25, 0.3) is 0 Å². The lowest BCUT2D eigenvalue weighted by atomic mass is 10.1. The van der Waals surface area contributed by atoms with Crippen LogP contribution in [0.15, 0.2) is 46.3 Å². The third-order valence-corrected chi connectivity index (χ3v) is 8.20. The quantitative estimate of drug-likeness (QED) is 0.325. The number of sulfonamides is 1. The Morgan fingerprint density at radius 2 is 1.74 bits per heavy atom. The van der Waals surface area contributed by atoms with Gasteiger partial charge in [0, 0.05) is 52.6 Å². The second kappa shape index (κ2) is 10.7. The minimum atomic E-state index is -3.74. The third kappa shape index (κ3) is 5.63. The standard InChI is InChI=1S/C24H31N5O5S/c1-26(2)21-8-6-19(16-23(21)29(30)31)18-25-20-7-9-22(27-10-4-3-5-11-27)24(17-20)35(32,33)28-12-14-34-15-13-28/h6-9,16-18H,3-5,10-15H2,1-2H3. The molecule has 10 nitrogen and oxygen atoms in total.